The van der Waals surface area contributed by atoms with E-state index in [2.05, 4.69) is 15.3 Å². The topological polar surface area (TPSA) is 70.0 Å². The zero-order valence-corrected chi connectivity index (χ0v) is 7.97. The largest absolute Gasteiger partial charge is 0.492 e. The molecule has 0 heterocycles. The molecule has 0 amide bonds. The van der Waals surface area contributed by atoms with E-state index >= 15 is 0 Å². The summed E-state index contributed by atoms with van der Waals surface area (Å²) in [6, 6.07) is 6.99. The van der Waals surface area contributed by atoms with E-state index in [1.54, 1.807) is 24.3 Å². The van der Waals surface area contributed by atoms with Gasteiger partial charge in [-0.1, -0.05) is 5.11 Å². The Labute approximate surface area is 82.3 Å². The smallest absolute Gasteiger partial charge is 0.119 e. The minimum atomic E-state index is 0.591. The number of benzene rings is 1. The Bertz CT molecular complexity index is 316. The number of nitrogens with zero attached hydrogens (tertiary/aromatic N) is 3. The molecule has 5 heteroatoms. The lowest BCUT2D eigenvalue weighted by atomic mass is 10.3. The van der Waals surface area contributed by atoms with Gasteiger partial charge in [0, 0.05) is 17.1 Å². The highest BCUT2D eigenvalue weighted by molar-refractivity contribution is 5.40. The molecule has 0 aromatic heterocycles. The third-order valence-corrected chi connectivity index (χ3v) is 1.62. The molecule has 0 saturated carbocycles. The molecule has 5 nitrogen and oxygen atoms in total. The van der Waals surface area contributed by atoms with Crippen LogP contribution in [-0.4, -0.2) is 20.2 Å². The number of azide groups is 1. The molecule has 1 N–H and O–H groups in total. The minimum Gasteiger partial charge on any atom is -0.492 e. The predicted molar refractivity (Wildman–Crippen MR) is 54.7 cm³/mol. The number of rotatable bonds is 5. The highest BCUT2D eigenvalue weighted by Gasteiger charge is 1.92. The second kappa shape index (κ2) is 5.85. The molecule has 0 atom stereocenters. The second-order valence-corrected chi connectivity index (χ2v) is 2.64. The maximum Gasteiger partial charge on any atom is 0.119 e. The number of ether oxygens (including phenoxy) is 1. The van der Waals surface area contributed by atoms with Gasteiger partial charge in [-0.3, -0.25) is 0 Å². The molecule has 0 aliphatic carbocycles. The Balaban J connectivity index is 2.50. The first kappa shape index (κ1) is 10.4. The van der Waals surface area contributed by atoms with Crippen molar-refractivity contribution in [2.75, 3.05) is 20.2 Å². The van der Waals surface area contributed by atoms with Crippen LogP contribution in [0.25, 0.3) is 10.4 Å². The zero-order chi connectivity index (χ0) is 10.2. The van der Waals surface area contributed by atoms with Gasteiger partial charge in [-0.15, -0.1) is 0 Å². The van der Waals surface area contributed by atoms with Gasteiger partial charge in [0.2, 0.25) is 0 Å². The van der Waals surface area contributed by atoms with Gasteiger partial charge in [-0.25, -0.2) is 0 Å². The molecule has 14 heavy (non-hydrogen) atoms. The maximum absolute atomic E-state index is 8.18. The average Bonchev–Trinajstić information content (AvgIpc) is 2.21. The number of likely N-dealkylation sites (N-methyl/N-ethyl adjacent to an activating group) is 1. The van der Waals surface area contributed by atoms with E-state index in [4.69, 9.17) is 10.3 Å². The summed E-state index contributed by atoms with van der Waals surface area (Å²) < 4.78 is 5.38. The van der Waals surface area contributed by atoms with Gasteiger partial charge in [0.15, 0.2) is 0 Å². The lowest BCUT2D eigenvalue weighted by molar-refractivity contribution is 0.318. The van der Waals surface area contributed by atoms with Crippen molar-refractivity contribution in [3.8, 4) is 5.75 Å². The fourth-order valence-electron chi connectivity index (χ4n) is 0.932. The molecule has 0 radical (unpaired) electrons. The van der Waals surface area contributed by atoms with Crippen LogP contribution >= 0.6 is 0 Å². The Kier molecular flexibility index (Phi) is 4.34. The molecule has 0 fully saturated rings. The molecule has 0 saturated heterocycles. The Morgan fingerprint density at radius 2 is 2.14 bits per heavy atom. The molecule has 0 bridgehead atoms. The second-order valence-electron chi connectivity index (χ2n) is 2.64. The Hall–Kier alpha value is -1.71. The summed E-state index contributed by atoms with van der Waals surface area (Å²) in [6.45, 7) is 1.43. The third-order valence-electron chi connectivity index (χ3n) is 1.62. The molecule has 1 aromatic carbocycles. The van der Waals surface area contributed by atoms with E-state index in [1.165, 1.54) is 0 Å². The monoisotopic (exact) mass is 192 g/mol. The van der Waals surface area contributed by atoms with Crippen LogP contribution in [0.15, 0.2) is 29.4 Å². The van der Waals surface area contributed by atoms with Gasteiger partial charge in [0.25, 0.3) is 0 Å². The first-order valence-corrected chi connectivity index (χ1v) is 4.29. The summed E-state index contributed by atoms with van der Waals surface area (Å²) >= 11 is 0. The Morgan fingerprint density at radius 3 is 2.71 bits per heavy atom. The van der Waals surface area contributed by atoms with Gasteiger partial charge in [0.1, 0.15) is 12.4 Å². The van der Waals surface area contributed by atoms with E-state index in [0.29, 0.717) is 12.3 Å². The third kappa shape index (κ3) is 3.35. The van der Waals surface area contributed by atoms with Crippen molar-refractivity contribution < 1.29 is 4.74 Å². The molecule has 0 aliphatic heterocycles. The standard InChI is InChI=1S/C9H12N4O/c1-11-6-7-14-9-4-2-8(3-5-9)12-13-10/h2-5,11H,6-7H2,1H3. The SMILES string of the molecule is CNCCOc1ccc(N=[N+]=[N-])cc1. The summed E-state index contributed by atoms with van der Waals surface area (Å²) in [5.41, 5.74) is 8.77. The van der Waals surface area contributed by atoms with Crippen molar-refractivity contribution in [1.29, 1.82) is 0 Å². The first-order chi connectivity index (χ1) is 6.86. The first-order valence-electron chi connectivity index (χ1n) is 4.29. The van der Waals surface area contributed by atoms with Crippen molar-refractivity contribution in [2.24, 2.45) is 5.11 Å². The van der Waals surface area contributed by atoms with E-state index < -0.39 is 0 Å². The molecule has 0 unspecified atom stereocenters. The molecular weight excluding hydrogens is 180 g/mol. The van der Waals surface area contributed by atoms with Crippen LogP contribution < -0.4 is 10.1 Å². The van der Waals surface area contributed by atoms with Gasteiger partial charge in [-0.2, -0.15) is 0 Å². The number of hydrogen-bond donors (Lipinski definition) is 1. The fourth-order valence-corrected chi connectivity index (χ4v) is 0.932. The predicted octanol–water partition coefficient (Wildman–Crippen LogP) is 2.23. The van der Waals surface area contributed by atoms with Crippen molar-refractivity contribution in [1.82, 2.24) is 5.32 Å². The van der Waals surface area contributed by atoms with E-state index in [-0.39, 0.29) is 0 Å². The molecule has 1 aromatic rings. The van der Waals surface area contributed by atoms with E-state index in [0.717, 1.165) is 12.3 Å². The number of nitrogens with one attached hydrogen (secondary N) is 1. The van der Waals surface area contributed by atoms with Crippen LogP contribution in [0.3, 0.4) is 0 Å². The van der Waals surface area contributed by atoms with Crippen LogP contribution in [-0.2, 0) is 0 Å². The average molecular weight is 192 g/mol. The minimum absolute atomic E-state index is 0.591. The summed E-state index contributed by atoms with van der Waals surface area (Å²) in [6.07, 6.45) is 0. The Morgan fingerprint density at radius 1 is 1.43 bits per heavy atom. The van der Waals surface area contributed by atoms with Crippen molar-refractivity contribution in [3.05, 3.63) is 34.7 Å². The van der Waals surface area contributed by atoms with Crippen LogP contribution in [0.1, 0.15) is 0 Å². The maximum atomic E-state index is 8.18. The van der Waals surface area contributed by atoms with Crippen LogP contribution in [0.5, 0.6) is 5.75 Å². The molecule has 0 aliphatic rings. The van der Waals surface area contributed by atoms with Crippen molar-refractivity contribution in [3.63, 3.8) is 0 Å². The molecule has 74 valence electrons. The van der Waals surface area contributed by atoms with E-state index in [9.17, 15) is 0 Å². The highest BCUT2D eigenvalue weighted by Crippen LogP contribution is 2.17. The van der Waals surface area contributed by atoms with Crippen molar-refractivity contribution >= 4 is 5.69 Å². The van der Waals surface area contributed by atoms with Gasteiger partial charge in [0.05, 0.1) is 0 Å². The van der Waals surface area contributed by atoms with Crippen LogP contribution in [0.4, 0.5) is 5.69 Å². The summed E-state index contributed by atoms with van der Waals surface area (Å²) in [7, 11) is 1.87. The van der Waals surface area contributed by atoms with Gasteiger partial charge in [-0.05, 0) is 36.8 Å². The lowest BCUT2D eigenvalue weighted by Crippen LogP contribution is -2.15. The van der Waals surface area contributed by atoms with Crippen molar-refractivity contribution in [2.45, 2.75) is 0 Å². The fraction of sp³-hybridized carbons (Fsp3) is 0.333. The van der Waals surface area contributed by atoms with E-state index in [1.807, 2.05) is 7.05 Å². The quantitative estimate of drug-likeness (QED) is 0.336. The summed E-state index contributed by atoms with van der Waals surface area (Å²) in [5, 5.41) is 6.43. The van der Waals surface area contributed by atoms with Gasteiger partial charge >= 0.3 is 0 Å². The summed E-state index contributed by atoms with van der Waals surface area (Å²) in [4.78, 5) is 2.69. The molecular formula is C9H12N4O. The molecule has 0 spiro atoms. The normalized spacial score (nSPS) is 9.21. The number of hydrogen-bond acceptors (Lipinski definition) is 3. The zero-order valence-electron chi connectivity index (χ0n) is 7.97. The van der Waals surface area contributed by atoms with Crippen LogP contribution in [0.2, 0.25) is 0 Å². The lowest BCUT2D eigenvalue weighted by Gasteiger charge is -2.04. The molecule has 1 rings (SSSR count). The van der Waals surface area contributed by atoms with Gasteiger partial charge < -0.3 is 10.1 Å². The summed E-state index contributed by atoms with van der Waals surface area (Å²) in [5.74, 6) is 0.775. The highest BCUT2D eigenvalue weighted by atomic mass is 16.5. The van der Waals surface area contributed by atoms with Crippen LogP contribution in [0, 0.1) is 0 Å².